The van der Waals surface area contributed by atoms with Crippen molar-refractivity contribution in [2.75, 3.05) is 20.2 Å². The lowest BCUT2D eigenvalue weighted by Gasteiger charge is -2.39. The monoisotopic (exact) mass is 333 g/mol. The van der Waals surface area contributed by atoms with Crippen LogP contribution in [0.3, 0.4) is 0 Å². The predicted octanol–water partition coefficient (Wildman–Crippen LogP) is 2.83. The zero-order valence-electron chi connectivity index (χ0n) is 14.9. The Balaban J connectivity index is 2.15. The summed E-state index contributed by atoms with van der Waals surface area (Å²) in [6, 6.07) is 7.69. The number of carboxylic acids is 1. The second-order valence-electron chi connectivity index (χ2n) is 7.46. The number of ether oxygens (including phenoxy) is 1. The highest BCUT2D eigenvalue weighted by Gasteiger charge is 2.38. The summed E-state index contributed by atoms with van der Waals surface area (Å²) < 4.78 is 5.38. The van der Waals surface area contributed by atoms with Crippen molar-refractivity contribution in [3.05, 3.63) is 29.8 Å². The van der Waals surface area contributed by atoms with E-state index in [1.54, 1.807) is 12.0 Å². The molecule has 1 aromatic rings. The van der Waals surface area contributed by atoms with Gasteiger partial charge in [-0.25, -0.2) is 0 Å². The maximum Gasteiger partial charge on any atom is 0.308 e. The number of piperidine rings is 1. The van der Waals surface area contributed by atoms with Gasteiger partial charge in [0.05, 0.1) is 13.0 Å². The Labute approximate surface area is 143 Å². The van der Waals surface area contributed by atoms with Crippen LogP contribution in [0.5, 0.6) is 5.75 Å². The van der Waals surface area contributed by atoms with Gasteiger partial charge in [0.15, 0.2) is 0 Å². The maximum atomic E-state index is 13.0. The van der Waals surface area contributed by atoms with Crippen LogP contribution in [0, 0.1) is 17.3 Å². The third kappa shape index (κ3) is 4.08. The van der Waals surface area contributed by atoms with Gasteiger partial charge < -0.3 is 14.7 Å². The molecule has 2 unspecified atom stereocenters. The number of carbonyl (C=O) groups is 2. The molecule has 0 aromatic heterocycles. The van der Waals surface area contributed by atoms with Crippen molar-refractivity contribution < 1.29 is 19.4 Å². The molecule has 2 atom stereocenters. The molecule has 5 nitrogen and oxygen atoms in total. The van der Waals surface area contributed by atoms with E-state index in [4.69, 9.17) is 4.74 Å². The van der Waals surface area contributed by atoms with Crippen LogP contribution in [0.15, 0.2) is 24.3 Å². The highest BCUT2D eigenvalue weighted by atomic mass is 16.5. The van der Waals surface area contributed by atoms with E-state index in [0.717, 1.165) is 11.3 Å². The molecule has 0 saturated carbocycles. The molecule has 1 amide bonds. The van der Waals surface area contributed by atoms with Gasteiger partial charge in [-0.3, -0.25) is 9.59 Å². The fourth-order valence-corrected chi connectivity index (χ4v) is 3.53. The molecule has 0 bridgehead atoms. The summed E-state index contributed by atoms with van der Waals surface area (Å²) in [4.78, 5) is 26.1. The molecule has 2 rings (SSSR count). The molecular formula is C19H27NO4. The van der Waals surface area contributed by atoms with E-state index in [1.807, 2.05) is 45.0 Å². The first-order valence-electron chi connectivity index (χ1n) is 8.38. The molecule has 24 heavy (non-hydrogen) atoms. The molecule has 1 aliphatic rings. The van der Waals surface area contributed by atoms with Crippen molar-refractivity contribution in [2.24, 2.45) is 17.3 Å². The molecule has 132 valence electrons. The lowest BCUT2D eigenvalue weighted by atomic mass is 9.82. The zero-order valence-corrected chi connectivity index (χ0v) is 14.9. The van der Waals surface area contributed by atoms with Crippen LogP contribution in [0.4, 0.5) is 0 Å². The van der Waals surface area contributed by atoms with Gasteiger partial charge in [-0.05, 0) is 30.4 Å². The quantitative estimate of drug-likeness (QED) is 0.900. The summed E-state index contributed by atoms with van der Waals surface area (Å²) in [7, 11) is 1.62. The van der Waals surface area contributed by atoms with Gasteiger partial charge in [0, 0.05) is 18.5 Å². The number of aliphatic carboxylic acids is 1. The molecule has 1 aromatic carbocycles. The fourth-order valence-electron chi connectivity index (χ4n) is 3.53. The number of benzene rings is 1. The molecule has 1 N–H and O–H groups in total. The molecule has 1 heterocycles. The summed E-state index contributed by atoms with van der Waals surface area (Å²) in [5.41, 5.74) is 0.368. The number of likely N-dealkylation sites (tertiary alicyclic amines) is 1. The first-order valence-corrected chi connectivity index (χ1v) is 8.38. The van der Waals surface area contributed by atoms with Crippen molar-refractivity contribution in [2.45, 2.75) is 33.6 Å². The van der Waals surface area contributed by atoms with E-state index in [2.05, 4.69) is 0 Å². The van der Waals surface area contributed by atoms with E-state index < -0.39 is 17.3 Å². The van der Waals surface area contributed by atoms with Gasteiger partial charge in [0.1, 0.15) is 5.75 Å². The molecule has 1 aliphatic heterocycles. The normalized spacial score (nSPS) is 21.4. The van der Waals surface area contributed by atoms with E-state index >= 15 is 0 Å². The minimum atomic E-state index is -0.818. The molecule has 5 heteroatoms. The number of hydrogen-bond donors (Lipinski definition) is 1. The first kappa shape index (κ1) is 18.3. The molecular weight excluding hydrogens is 306 g/mol. The van der Waals surface area contributed by atoms with Crippen LogP contribution >= 0.6 is 0 Å². The summed E-state index contributed by atoms with van der Waals surface area (Å²) in [5, 5.41) is 9.31. The zero-order chi connectivity index (χ0) is 17.9. The van der Waals surface area contributed by atoms with Crippen molar-refractivity contribution in [1.82, 2.24) is 4.90 Å². The average Bonchev–Trinajstić information content (AvgIpc) is 2.53. The Hall–Kier alpha value is -2.04. The van der Waals surface area contributed by atoms with Gasteiger partial charge in [0.2, 0.25) is 5.91 Å². The van der Waals surface area contributed by atoms with E-state index in [1.165, 1.54) is 0 Å². The van der Waals surface area contributed by atoms with Crippen molar-refractivity contribution in [3.63, 3.8) is 0 Å². The van der Waals surface area contributed by atoms with Crippen LogP contribution in [-0.4, -0.2) is 42.1 Å². The Bertz CT molecular complexity index is 611. The van der Waals surface area contributed by atoms with E-state index in [9.17, 15) is 14.7 Å². The smallest absolute Gasteiger partial charge is 0.308 e. The van der Waals surface area contributed by atoms with Crippen LogP contribution in [0.2, 0.25) is 0 Å². The average molecular weight is 333 g/mol. The van der Waals surface area contributed by atoms with Gasteiger partial charge in [0.25, 0.3) is 0 Å². The maximum absolute atomic E-state index is 13.0. The number of para-hydroxylation sites is 1. The number of amides is 1. The Morgan fingerprint density at radius 2 is 1.96 bits per heavy atom. The second kappa shape index (κ2) is 7.24. The number of methoxy groups -OCH3 is 1. The molecule has 0 radical (unpaired) electrons. The molecule has 0 aliphatic carbocycles. The highest BCUT2D eigenvalue weighted by Crippen LogP contribution is 2.32. The van der Waals surface area contributed by atoms with Crippen LogP contribution < -0.4 is 4.74 Å². The fraction of sp³-hybridized carbons (Fsp3) is 0.579. The Kier molecular flexibility index (Phi) is 5.52. The second-order valence-corrected chi connectivity index (χ2v) is 7.46. The number of hydrogen-bond acceptors (Lipinski definition) is 3. The highest BCUT2D eigenvalue weighted by molar-refractivity contribution is 5.83. The summed E-state index contributed by atoms with van der Waals surface area (Å²) in [6.45, 7) is 6.75. The third-order valence-electron chi connectivity index (χ3n) is 4.70. The van der Waals surface area contributed by atoms with E-state index in [-0.39, 0.29) is 11.8 Å². The van der Waals surface area contributed by atoms with Gasteiger partial charge in [-0.1, -0.05) is 39.0 Å². The Morgan fingerprint density at radius 1 is 1.29 bits per heavy atom. The molecule has 0 spiro atoms. The largest absolute Gasteiger partial charge is 0.496 e. The van der Waals surface area contributed by atoms with Crippen LogP contribution in [-0.2, 0) is 16.0 Å². The number of rotatable bonds is 5. The molecule has 1 fully saturated rings. The van der Waals surface area contributed by atoms with Crippen LogP contribution in [0.1, 0.15) is 32.8 Å². The predicted molar refractivity (Wildman–Crippen MR) is 92.0 cm³/mol. The van der Waals surface area contributed by atoms with Crippen molar-refractivity contribution in [3.8, 4) is 5.75 Å². The summed E-state index contributed by atoms with van der Waals surface area (Å²) in [5.74, 6) is -0.312. The summed E-state index contributed by atoms with van der Waals surface area (Å²) in [6.07, 6.45) is 1.19. The van der Waals surface area contributed by atoms with Crippen LogP contribution in [0.25, 0.3) is 0 Å². The van der Waals surface area contributed by atoms with Crippen molar-refractivity contribution >= 4 is 11.9 Å². The van der Waals surface area contributed by atoms with Gasteiger partial charge in [-0.15, -0.1) is 0 Å². The third-order valence-corrected chi connectivity index (χ3v) is 4.70. The van der Waals surface area contributed by atoms with Crippen molar-refractivity contribution in [1.29, 1.82) is 0 Å². The minimum Gasteiger partial charge on any atom is -0.496 e. The lowest BCUT2D eigenvalue weighted by Crippen LogP contribution is -2.50. The number of nitrogens with zero attached hydrogens (tertiary/aromatic N) is 1. The molecule has 1 saturated heterocycles. The first-order chi connectivity index (χ1) is 11.2. The Morgan fingerprint density at radius 3 is 2.58 bits per heavy atom. The van der Waals surface area contributed by atoms with Gasteiger partial charge >= 0.3 is 5.97 Å². The minimum absolute atomic E-state index is 0.00575. The van der Waals surface area contributed by atoms with Gasteiger partial charge in [-0.2, -0.15) is 0 Å². The SMILES string of the molecule is COc1ccccc1CC(C)(C)C(=O)N1CC(C)CC(C(=O)O)C1. The standard InChI is InChI=1S/C19H27NO4/c1-13-9-15(17(21)22)12-20(11-13)18(23)19(2,3)10-14-7-5-6-8-16(14)24-4/h5-8,13,15H,9-12H2,1-4H3,(H,21,22). The lowest BCUT2D eigenvalue weighted by molar-refractivity contribution is -0.150. The number of carbonyl (C=O) groups excluding carboxylic acids is 1. The van der Waals surface area contributed by atoms with E-state index in [0.29, 0.717) is 25.9 Å². The topological polar surface area (TPSA) is 66.8 Å². The summed E-state index contributed by atoms with van der Waals surface area (Å²) >= 11 is 0. The number of carboxylic acid groups (broad SMARTS) is 1.